The minimum atomic E-state index is -0.500. The van der Waals surface area contributed by atoms with Crippen LogP contribution in [-0.4, -0.2) is 15.0 Å². The Morgan fingerprint density at radius 3 is 2.81 bits per heavy atom. The van der Waals surface area contributed by atoms with E-state index >= 15 is 0 Å². The molecule has 2 rings (SSSR count). The number of aryl methyl sites for hydroxylation is 1. The van der Waals surface area contributed by atoms with Crippen molar-refractivity contribution in [3.63, 3.8) is 0 Å². The molecule has 0 unspecified atom stereocenters. The fourth-order valence-electron chi connectivity index (χ4n) is 1.20. The molecule has 0 radical (unpaired) electrons. The van der Waals surface area contributed by atoms with E-state index in [1.807, 2.05) is 6.92 Å². The van der Waals surface area contributed by atoms with Crippen LogP contribution >= 0.6 is 0 Å². The van der Waals surface area contributed by atoms with Gasteiger partial charge in [0.2, 0.25) is 5.95 Å². The minimum absolute atomic E-state index is 0.476. The first kappa shape index (κ1) is 10.5. The molecular formula is C11H11FN4. The Bertz CT molecular complexity index is 470. The lowest BCUT2D eigenvalue weighted by Crippen LogP contribution is -2.04. The van der Waals surface area contributed by atoms with Gasteiger partial charge in [-0.25, -0.2) is 4.98 Å². The van der Waals surface area contributed by atoms with Gasteiger partial charge >= 0.3 is 0 Å². The number of aromatic nitrogens is 3. The van der Waals surface area contributed by atoms with Gasteiger partial charge in [-0.2, -0.15) is 4.39 Å². The summed E-state index contributed by atoms with van der Waals surface area (Å²) in [6, 6.07) is 4.60. The summed E-state index contributed by atoms with van der Waals surface area (Å²) in [5, 5.41) is 2.97. The maximum Gasteiger partial charge on any atom is 0.214 e. The highest BCUT2D eigenvalue weighted by molar-refractivity contribution is 5.33. The molecule has 0 aromatic carbocycles. The van der Waals surface area contributed by atoms with Crippen LogP contribution in [0.4, 0.5) is 10.2 Å². The first-order valence-electron chi connectivity index (χ1n) is 4.88. The quantitative estimate of drug-likeness (QED) is 0.800. The van der Waals surface area contributed by atoms with E-state index in [0.717, 1.165) is 11.4 Å². The van der Waals surface area contributed by atoms with Gasteiger partial charge in [0.05, 0.1) is 24.1 Å². The molecule has 0 bridgehead atoms. The van der Waals surface area contributed by atoms with E-state index in [0.29, 0.717) is 12.4 Å². The fourth-order valence-corrected chi connectivity index (χ4v) is 1.20. The van der Waals surface area contributed by atoms with Gasteiger partial charge in [0, 0.05) is 6.20 Å². The number of anilines is 1. The van der Waals surface area contributed by atoms with Crippen LogP contribution in [0.1, 0.15) is 11.4 Å². The molecule has 0 fully saturated rings. The Morgan fingerprint density at radius 1 is 1.25 bits per heavy atom. The van der Waals surface area contributed by atoms with Crippen molar-refractivity contribution >= 4 is 5.82 Å². The number of nitrogens with zero attached hydrogens (tertiary/aromatic N) is 3. The van der Waals surface area contributed by atoms with E-state index in [4.69, 9.17) is 0 Å². The summed E-state index contributed by atoms with van der Waals surface area (Å²) in [4.78, 5) is 12.0. The van der Waals surface area contributed by atoms with Gasteiger partial charge in [0.1, 0.15) is 5.82 Å². The molecule has 2 heterocycles. The van der Waals surface area contributed by atoms with Crippen molar-refractivity contribution in [1.29, 1.82) is 0 Å². The van der Waals surface area contributed by atoms with E-state index in [2.05, 4.69) is 20.3 Å². The largest absolute Gasteiger partial charge is 0.364 e. The molecule has 1 N–H and O–H groups in total. The normalized spacial score (nSPS) is 10.1. The second-order valence-corrected chi connectivity index (χ2v) is 3.35. The van der Waals surface area contributed by atoms with Crippen molar-refractivity contribution in [2.75, 3.05) is 5.32 Å². The van der Waals surface area contributed by atoms with Crippen LogP contribution in [0.25, 0.3) is 0 Å². The molecule has 0 atom stereocenters. The zero-order chi connectivity index (χ0) is 11.4. The van der Waals surface area contributed by atoms with Crippen molar-refractivity contribution < 1.29 is 4.39 Å². The lowest BCUT2D eigenvalue weighted by atomic mass is 10.4. The summed E-state index contributed by atoms with van der Waals surface area (Å²) in [7, 11) is 0. The minimum Gasteiger partial charge on any atom is -0.364 e. The maximum atomic E-state index is 12.8. The summed E-state index contributed by atoms with van der Waals surface area (Å²) in [5.74, 6) is -0.0117. The van der Waals surface area contributed by atoms with Crippen LogP contribution in [0.3, 0.4) is 0 Å². The zero-order valence-corrected chi connectivity index (χ0v) is 8.81. The van der Waals surface area contributed by atoms with E-state index in [-0.39, 0.29) is 0 Å². The Kier molecular flexibility index (Phi) is 3.05. The lowest BCUT2D eigenvalue weighted by molar-refractivity contribution is 0.585. The van der Waals surface area contributed by atoms with Crippen LogP contribution in [0, 0.1) is 12.9 Å². The maximum absolute atomic E-state index is 12.8. The molecule has 0 spiro atoms. The van der Waals surface area contributed by atoms with Crippen LogP contribution in [0.15, 0.2) is 30.6 Å². The van der Waals surface area contributed by atoms with Crippen LogP contribution in [-0.2, 0) is 6.54 Å². The predicted octanol–water partition coefficient (Wildman–Crippen LogP) is 1.93. The topological polar surface area (TPSA) is 50.7 Å². The third-order valence-electron chi connectivity index (χ3n) is 2.00. The van der Waals surface area contributed by atoms with Crippen molar-refractivity contribution in [2.45, 2.75) is 13.5 Å². The standard InChI is InChI=1S/C11H11FN4/c1-8-5-14-9(6-13-8)7-15-11-4-2-3-10(12)16-11/h2-6H,7H2,1H3,(H,15,16). The SMILES string of the molecule is Cc1cnc(CNc2cccc(F)n2)cn1. The van der Waals surface area contributed by atoms with E-state index in [1.54, 1.807) is 24.5 Å². The summed E-state index contributed by atoms with van der Waals surface area (Å²) >= 11 is 0. The summed E-state index contributed by atoms with van der Waals surface area (Å²) < 4.78 is 12.8. The Balaban J connectivity index is 1.99. The summed E-state index contributed by atoms with van der Waals surface area (Å²) in [6.45, 7) is 2.35. The Hall–Kier alpha value is -2.04. The van der Waals surface area contributed by atoms with E-state index in [1.165, 1.54) is 6.07 Å². The molecule has 0 aliphatic heterocycles. The molecule has 16 heavy (non-hydrogen) atoms. The van der Waals surface area contributed by atoms with Crippen LogP contribution in [0.5, 0.6) is 0 Å². The van der Waals surface area contributed by atoms with Gasteiger partial charge in [-0.15, -0.1) is 0 Å². The average molecular weight is 218 g/mol. The van der Waals surface area contributed by atoms with Gasteiger partial charge in [-0.1, -0.05) is 6.07 Å². The van der Waals surface area contributed by atoms with Crippen molar-refractivity contribution in [3.8, 4) is 0 Å². The van der Waals surface area contributed by atoms with Gasteiger partial charge in [-0.3, -0.25) is 9.97 Å². The average Bonchev–Trinajstić information content (AvgIpc) is 2.28. The lowest BCUT2D eigenvalue weighted by Gasteiger charge is -2.04. The zero-order valence-electron chi connectivity index (χ0n) is 8.81. The van der Waals surface area contributed by atoms with Crippen LogP contribution < -0.4 is 5.32 Å². The number of pyridine rings is 1. The molecule has 2 aromatic rings. The second-order valence-electron chi connectivity index (χ2n) is 3.35. The molecule has 5 heteroatoms. The number of hydrogen-bond acceptors (Lipinski definition) is 4. The third kappa shape index (κ3) is 2.73. The van der Waals surface area contributed by atoms with Crippen molar-refractivity contribution in [1.82, 2.24) is 15.0 Å². The van der Waals surface area contributed by atoms with Gasteiger partial charge in [0.25, 0.3) is 0 Å². The number of rotatable bonds is 3. The number of halogens is 1. The smallest absolute Gasteiger partial charge is 0.214 e. The first-order valence-corrected chi connectivity index (χ1v) is 4.88. The molecule has 0 aliphatic carbocycles. The first-order chi connectivity index (χ1) is 7.74. The molecular weight excluding hydrogens is 207 g/mol. The highest BCUT2D eigenvalue weighted by Crippen LogP contribution is 2.05. The monoisotopic (exact) mass is 218 g/mol. The third-order valence-corrected chi connectivity index (χ3v) is 2.00. The Morgan fingerprint density at radius 2 is 2.12 bits per heavy atom. The number of hydrogen-bond donors (Lipinski definition) is 1. The number of nitrogens with one attached hydrogen (secondary N) is 1. The van der Waals surface area contributed by atoms with Gasteiger partial charge < -0.3 is 5.32 Å². The molecule has 0 saturated carbocycles. The summed E-state index contributed by atoms with van der Waals surface area (Å²) in [5.41, 5.74) is 1.66. The van der Waals surface area contributed by atoms with Crippen molar-refractivity contribution in [2.24, 2.45) is 0 Å². The predicted molar refractivity (Wildman–Crippen MR) is 58.3 cm³/mol. The summed E-state index contributed by atoms with van der Waals surface area (Å²) in [6.07, 6.45) is 3.37. The van der Waals surface area contributed by atoms with Gasteiger partial charge in [0.15, 0.2) is 0 Å². The molecule has 4 nitrogen and oxygen atoms in total. The molecule has 2 aromatic heterocycles. The second kappa shape index (κ2) is 4.65. The van der Waals surface area contributed by atoms with Crippen molar-refractivity contribution in [3.05, 3.63) is 47.9 Å². The molecule has 0 amide bonds. The van der Waals surface area contributed by atoms with E-state index in [9.17, 15) is 4.39 Å². The highest BCUT2D eigenvalue weighted by atomic mass is 19.1. The molecule has 0 aliphatic rings. The Labute approximate surface area is 92.6 Å². The van der Waals surface area contributed by atoms with Gasteiger partial charge in [-0.05, 0) is 19.1 Å². The molecule has 0 saturated heterocycles. The van der Waals surface area contributed by atoms with Crippen LogP contribution in [0.2, 0.25) is 0 Å². The highest BCUT2D eigenvalue weighted by Gasteiger charge is 1.98. The van der Waals surface area contributed by atoms with E-state index < -0.39 is 5.95 Å². The fraction of sp³-hybridized carbons (Fsp3) is 0.182. The molecule has 82 valence electrons.